The van der Waals surface area contributed by atoms with Crippen LogP contribution >= 0.6 is 0 Å². The van der Waals surface area contributed by atoms with Gasteiger partial charge >= 0.3 is 5.97 Å². The molecule has 1 fully saturated rings. The van der Waals surface area contributed by atoms with Gasteiger partial charge in [0.25, 0.3) is 0 Å². The highest BCUT2D eigenvalue weighted by Gasteiger charge is 2.30. The summed E-state index contributed by atoms with van der Waals surface area (Å²) in [6, 6.07) is 0. The maximum absolute atomic E-state index is 10.8. The number of carboxylic acids is 1. The van der Waals surface area contributed by atoms with Gasteiger partial charge in [-0.25, -0.2) is 0 Å². The molecule has 108 valence electrons. The fourth-order valence-corrected chi connectivity index (χ4v) is 3.08. The first-order chi connectivity index (χ1) is 8.82. The van der Waals surface area contributed by atoms with E-state index >= 15 is 0 Å². The number of hydrogen-bond donors (Lipinski definition) is 1. The highest BCUT2D eigenvalue weighted by molar-refractivity contribution is 5.69. The highest BCUT2D eigenvalue weighted by Crippen LogP contribution is 2.39. The molecule has 0 amide bonds. The van der Waals surface area contributed by atoms with Crippen molar-refractivity contribution >= 4 is 5.97 Å². The predicted octanol–water partition coefficient (Wildman–Crippen LogP) is 2.86. The van der Waals surface area contributed by atoms with E-state index in [9.17, 15) is 4.79 Å². The molecule has 0 bridgehead atoms. The molecule has 1 aliphatic carbocycles. The first-order valence-electron chi connectivity index (χ1n) is 7.20. The zero-order chi connectivity index (χ0) is 14.5. The van der Waals surface area contributed by atoms with Gasteiger partial charge in [0.2, 0.25) is 0 Å². The average molecular weight is 265 g/mol. The van der Waals surface area contributed by atoms with Crippen molar-refractivity contribution in [1.29, 1.82) is 0 Å². The Hall–Kier alpha value is -1.01. The topological polar surface area (TPSA) is 40.5 Å². The van der Waals surface area contributed by atoms with Crippen molar-refractivity contribution in [3.63, 3.8) is 0 Å². The maximum Gasteiger partial charge on any atom is 0.317 e. The molecule has 0 spiro atoms. The van der Waals surface area contributed by atoms with Crippen LogP contribution in [-0.2, 0) is 4.79 Å². The molecule has 1 rings (SSSR count). The number of hydrogen-bond acceptors (Lipinski definition) is 2. The third-order valence-corrected chi connectivity index (χ3v) is 4.26. The van der Waals surface area contributed by atoms with E-state index < -0.39 is 5.97 Å². The summed E-state index contributed by atoms with van der Waals surface area (Å²) in [6.07, 6.45) is 10.2. The Morgan fingerprint density at radius 3 is 2.32 bits per heavy atom. The molecule has 1 saturated carbocycles. The Balaban J connectivity index is 2.42. The van der Waals surface area contributed by atoms with Gasteiger partial charge in [0.05, 0.1) is 13.1 Å². The average Bonchev–Trinajstić information content (AvgIpc) is 2.28. The second kappa shape index (κ2) is 6.96. The summed E-state index contributed by atoms with van der Waals surface area (Å²) < 4.78 is 0. The van der Waals surface area contributed by atoms with Crippen LogP contribution < -0.4 is 0 Å². The third-order valence-electron chi connectivity index (χ3n) is 4.26. The SMILES string of the molecule is C#CCN(CC(=O)O)CC1CCC(C(C)(C)C)CC1. The normalized spacial score (nSPS) is 24.2. The van der Waals surface area contributed by atoms with Gasteiger partial charge in [-0.15, -0.1) is 6.42 Å². The van der Waals surface area contributed by atoms with Crippen molar-refractivity contribution in [1.82, 2.24) is 4.90 Å². The number of carboxylic acid groups (broad SMARTS) is 1. The Morgan fingerprint density at radius 1 is 1.32 bits per heavy atom. The maximum atomic E-state index is 10.8. The summed E-state index contributed by atoms with van der Waals surface area (Å²) in [5, 5.41) is 8.88. The number of carbonyl (C=O) groups is 1. The molecule has 0 saturated heterocycles. The summed E-state index contributed by atoms with van der Waals surface area (Å²) in [4.78, 5) is 12.7. The number of aliphatic carboxylic acids is 1. The lowest BCUT2D eigenvalue weighted by Crippen LogP contribution is -2.36. The van der Waals surface area contributed by atoms with Crippen molar-refractivity contribution < 1.29 is 9.90 Å². The van der Waals surface area contributed by atoms with Crippen LogP contribution in [0.5, 0.6) is 0 Å². The second-order valence-corrected chi connectivity index (χ2v) is 6.85. The molecule has 1 N–H and O–H groups in total. The molecule has 0 aromatic carbocycles. The van der Waals surface area contributed by atoms with Crippen LogP contribution in [0.4, 0.5) is 0 Å². The number of rotatable bonds is 5. The van der Waals surface area contributed by atoms with Crippen LogP contribution in [0.3, 0.4) is 0 Å². The molecule has 19 heavy (non-hydrogen) atoms. The lowest BCUT2D eigenvalue weighted by molar-refractivity contribution is -0.138. The minimum atomic E-state index is -0.793. The van der Waals surface area contributed by atoms with E-state index in [0.29, 0.717) is 17.9 Å². The van der Waals surface area contributed by atoms with Crippen LogP contribution in [0.25, 0.3) is 0 Å². The fraction of sp³-hybridized carbons (Fsp3) is 0.812. The minimum absolute atomic E-state index is 0.0589. The van der Waals surface area contributed by atoms with E-state index in [4.69, 9.17) is 11.5 Å². The van der Waals surface area contributed by atoms with E-state index in [1.807, 2.05) is 4.90 Å². The van der Waals surface area contributed by atoms with Crippen molar-refractivity contribution in [2.45, 2.75) is 46.5 Å². The summed E-state index contributed by atoms with van der Waals surface area (Å²) in [5.74, 6) is 3.16. The van der Waals surface area contributed by atoms with E-state index in [1.165, 1.54) is 25.7 Å². The standard InChI is InChI=1S/C16H27NO2/c1-5-10-17(12-15(18)19)11-13-6-8-14(9-7-13)16(2,3)4/h1,13-14H,6-12H2,2-4H3,(H,18,19). The molecule has 3 heteroatoms. The van der Waals surface area contributed by atoms with E-state index in [0.717, 1.165) is 12.5 Å². The molecular weight excluding hydrogens is 238 g/mol. The van der Waals surface area contributed by atoms with Gasteiger partial charge < -0.3 is 5.11 Å². The summed E-state index contributed by atoms with van der Waals surface area (Å²) >= 11 is 0. The molecule has 0 aliphatic heterocycles. The minimum Gasteiger partial charge on any atom is -0.480 e. The highest BCUT2D eigenvalue weighted by atomic mass is 16.4. The zero-order valence-electron chi connectivity index (χ0n) is 12.5. The molecule has 0 aromatic rings. The lowest BCUT2D eigenvalue weighted by atomic mass is 9.70. The molecule has 0 unspecified atom stereocenters. The molecule has 0 aromatic heterocycles. The van der Waals surface area contributed by atoms with Crippen molar-refractivity contribution in [2.75, 3.05) is 19.6 Å². The van der Waals surface area contributed by atoms with Gasteiger partial charge in [0.15, 0.2) is 0 Å². The predicted molar refractivity (Wildman–Crippen MR) is 77.8 cm³/mol. The molecular formula is C16H27NO2. The third kappa shape index (κ3) is 5.65. The molecule has 1 aliphatic rings. The van der Waals surface area contributed by atoms with E-state index in [-0.39, 0.29) is 6.54 Å². The van der Waals surface area contributed by atoms with Gasteiger partial charge in [-0.05, 0) is 42.9 Å². The van der Waals surface area contributed by atoms with Crippen LogP contribution in [0.15, 0.2) is 0 Å². The van der Waals surface area contributed by atoms with Gasteiger partial charge in [-0.1, -0.05) is 26.7 Å². The second-order valence-electron chi connectivity index (χ2n) is 6.85. The molecule has 3 nitrogen and oxygen atoms in total. The molecule has 0 radical (unpaired) electrons. The smallest absolute Gasteiger partial charge is 0.317 e. The largest absolute Gasteiger partial charge is 0.480 e. The van der Waals surface area contributed by atoms with Gasteiger partial charge in [-0.3, -0.25) is 9.69 Å². The fourth-order valence-electron chi connectivity index (χ4n) is 3.08. The Kier molecular flexibility index (Phi) is 5.87. The van der Waals surface area contributed by atoms with Gasteiger partial charge in [-0.2, -0.15) is 0 Å². The van der Waals surface area contributed by atoms with Crippen molar-refractivity contribution in [3.05, 3.63) is 0 Å². The van der Waals surface area contributed by atoms with Gasteiger partial charge in [0.1, 0.15) is 0 Å². The van der Waals surface area contributed by atoms with Crippen molar-refractivity contribution in [3.8, 4) is 12.3 Å². The summed E-state index contributed by atoms with van der Waals surface area (Å²) in [6.45, 7) is 8.26. The quantitative estimate of drug-likeness (QED) is 0.777. The Bertz CT molecular complexity index is 330. The number of nitrogens with zero attached hydrogens (tertiary/aromatic N) is 1. The van der Waals surface area contributed by atoms with Crippen molar-refractivity contribution in [2.24, 2.45) is 17.3 Å². The first kappa shape index (κ1) is 16.0. The Labute approximate surface area is 117 Å². The van der Waals surface area contributed by atoms with Crippen LogP contribution in [0.1, 0.15) is 46.5 Å². The van der Waals surface area contributed by atoms with Crippen LogP contribution in [-0.4, -0.2) is 35.6 Å². The number of terminal acetylenes is 1. The lowest BCUT2D eigenvalue weighted by Gasteiger charge is -2.38. The van der Waals surface area contributed by atoms with E-state index in [1.54, 1.807) is 0 Å². The van der Waals surface area contributed by atoms with Crippen LogP contribution in [0, 0.1) is 29.6 Å². The van der Waals surface area contributed by atoms with E-state index in [2.05, 4.69) is 26.7 Å². The first-order valence-corrected chi connectivity index (χ1v) is 7.20. The Morgan fingerprint density at radius 2 is 1.89 bits per heavy atom. The monoisotopic (exact) mass is 265 g/mol. The summed E-state index contributed by atoms with van der Waals surface area (Å²) in [5.41, 5.74) is 0.393. The molecule has 0 heterocycles. The summed E-state index contributed by atoms with van der Waals surface area (Å²) in [7, 11) is 0. The molecule has 0 atom stereocenters. The van der Waals surface area contributed by atoms with Crippen LogP contribution in [0.2, 0.25) is 0 Å². The zero-order valence-corrected chi connectivity index (χ0v) is 12.5. The van der Waals surface area contributed by atoms with Gasteiger partial charge in [0, 0.05) is 6.54 Å².